The van der Waals surface area contributed by atoms with Gasteiger partial charge in [-0.25, -0.2) is 18.6 Å². The van der Waals surface area contributed by atoms with Gasteiger partial charge in [0.2, 0.25) is 11.7 Å². The van der Waals surface area contributed by atoms with Crippen LogP contribution in [0.25, 0.3) is 11.5 Å². The van der Waals surface area contributed by atoms with Gasteiger partial charge in [-0.2, -0.15) is 0 Å². The van der Waals surface area contributed by atoms with E-state index in [1.807, 2.05) is 13.0 Å². The molecule has 7 heteroatoms. The van der Waals surface area contributed by atoms with E-state index in [4.69, 9.17) is 9.15 Å². The van der Waals surface area contributed by atoms with Crippen LogP contribution in [-0.4, -0.2) is 17.6 Å². The van der Waals surface area contributed by atoms with Gasteiger partial charge in [0.25, 0.3) is 6.43 Å². The van der Waals surface area contributed by atoms with Crippen LogP contribution in [0.2, 0.25) is 0 Å². The highest BCUT2D eigenvalue weighted by Crippen LogP contribution is 2.30. The van der Waals surface area contributed by atoms with Gasteiger partial charge in [-0.3, -0.25) is 0 Å². The zero-order chi connectivity index (χ0) is 15.6. The number of carbonyl (C=O) groups is 1. The molecule has 1 aromatic heterocycles. The average Bonchev–Trinajstić information content (AvgIpc) is 2.83. The van der Waals surface area contributed by atoms with Gasteiger partial charge in [-0.15, -0.1) is 0 Å². The monoisotopic (exact) mass is 359 g/mol. The molecule has 0 fully saturated rings. The fourth-order valence-corrected chi connectivity index (χ4v) is 2.41. The third kappa shape index (κ3) is 3.47. The molecule has 2 aromatic rings. The molecule has 0 unspecified atom stereocenters. The van der Waals surface area contributed by atoms with Gasteiger partial charge in [-0.1, -0.05) is 15.9 Å². The molecule has 112 valence electrons. The third-order valence-corrected chi connectivity index (χ3v) is 3.07. The number of aryl methyl sites for hydroxylation is 1. The molecular formula is C14H12BrF2NO3. The van der Waals surface area contributed by atoms with Crippen molar-refractivity contribution in [3.8, 4) is 11.5 Å². The smallest absolute Gasteiger partial charge is 0.376 e. The van der Waals surface area contributed by atoms with Crippen molar-refractivity contribution in [3.05, 3.63) is 39.7 Å². The van der Waals surface area contributed by atoms with Gasteiger partial charge in [0, 0.05) is 10.0 Å². The third-order valence-electron chi connectivity index (χ3n) is 2.61. The number of nitrogens with zero attached hydrogens (tertiary/aromatic N) is 1. The number of carbonyl (C=O) groups excluding carboxylic acids is 1. The van der Waals surface area contributed by atoms with Gasteiger partial charge in [0.15, 0.2) is 5.69 Å². The molecule has 4 nitrogen and oxygen atoms in total. The number of alkyl halides is 2. The second kappa shape index (κ2) is 6.34. The summed E-state index contributed by atoms with van der Waals surface area (Å²) < 4.78 is 36.6. The van der Waals surface area contributed by atoms with Crippen molar-refractivity contribution < 1.29 is 22.7 Å². The molecule has 0 atom stereocenters. The molecule has 2 rings (SSSR count). The predicted molar refractivity (Wildman–Crippen MR) is 75.3 cm³/mol. The average molecular weight is 360 g/mol. The number of oxazole rings is 1. The van der Waals surface area contributed by atoms with Gasteiger partial charge >= 0.3 is 5.97 Å². The lowest BCUT2D eigenvalue weighted by atomic mass is 10.1. The fraction of sp³-hybridized carbons (Fsp3) is 0.286. The summed E-state index contributed by atoms with van der Waals surface area (Å²) in [7, 11) is 0. The van der Waals surface area contributed by atoms with Crippen LogP contribution >= 0.6 is 15.9 Å². The summed E-state index contributed by atoms with van der Waals surface area (Å²) in [5, 5.41) is 0. The van der Waals surface area contributed by atoms with Crippen LogP contribution in [0.5, 0.6) is 0 Å². The first-order valence-corrected chi connectivity index (χ1v) is 6.95. The van der Waals surface area contributed by atoms with Gasteiger partial charge in [0.05, 0.1) is 6.61 Å². The maximum absolute atomic E-state index is 13.0. The number of aromatic nitrogens is 1. The van der Waals surface area contributed by atoms with Gasteiger partial charge < -0.3 is 9.15 Å². The normalized spacial score (nSPS) is 11.0. The summed E-state index contributed by atoms with van der Waals surface area (Å²) >= 11 is 3.31. The van der Waals surface area contributed by atoms with Crippen molar-refractivity contribution in [1.29, 1.82) is 0 Å². The largest absolute Gasteiger partial charge is 0.460 e. The van der Waals surface area contributed by atoms with E-state index >= 15 is 0 Å². The lowest BCUT2D eigenvalue weighted by molar-refractivity contribution is 0.0476. The predicted octanol–water partition coefficient (Wildman–Crippen LogP) is 4.53. The highest BCUT2D eigenvalue weighted by atomic mass is 79.9. The molecule has 0 aliphatic carbocycles. The summed E-state index contributed by atoms with van der Waals surface area (Å²) in [6.45, 7) is 3.49. The fourth-order valence-electron chi connectivity index (χ4n) is 1.81. The first-order chi connectivity index (χ1) is 9.92. The topological polar surface area (TPSA) is 52.3 Å². The molecule has 0 bridgehead atoms. The SMILES string of the molecule is CCOC(=O)c1oc(-c2cc(C)cc(Br)c2)nc1C(F)F. The van der Waals surface area contributed by atoms with E-state index in [-0.39, 0.29) is 12.5 Å². The van der Waals surface area contributed by atoms with Crippen molar-refractivity contribution >= 4 is 21.9 Å². The Morgan fingerprint density at radius 3 is 2.71 bits per heavy atom. The Morgan fingerprint density at radius 2 is 2.14 bits per heavy atom. The molecule has 0 aliphatic heterocycles. The quantitative estimate of drug-likeness (QED) is 0.752. The van der Waals surface area contributed by atoms with E-state index in [9.17, 15) is 13.6 Å². The van der Waals surface area contributed by atoms with Crippen molar-refractivity contribution in [3.63, 3.8) is 0 Å². The highest BCUT2D eigenvalue weighted by molar-refractivity contribution is 9.10. The number of hydrogen-bond acceptors (Lipinski definition) is 4. The summed E-state index contributed by atoms with van der Waals surface area (Å²) in [6, 6.07) is 5.25. The van der Waals surface area contributed by atoms with Crippen LogP contribution in [0, 0.1) is 6.92 Å². The standard InChI is InChI=1S/C14H12BrF2NO3/c1-3-20-14(19)11-10(12(16)17)18-13(21-11)8-4-7(2)5-9(15)6-8/h4-6,12H,3H2,1-2H3. The zero-order valence-corrected chi connectivity index (χ0v) is 12.9. The van der Waals surface area contributed by atoms with Crippen molar-refractivity contribution in [1.82, 2.24) is 4.98 Å². The van der Waals surface area contributed by atoms with E-state index in [1.54, 1.807) is 19.1 Å². The second-order valence-corrected chi connectivity index (χ2v) is 5.19. The lowest BCUT2D eigenvalue weighted by Gasteiger charge is -2.00. The van der Waals surface area contributed by atoms with E-state index in [0.29, 0.717) is 5.56 Å². The number of hydrogen-bond donors (Lipinski definition) is 0. The molecule has 0 aliphatic rings. The first kappa shape index (κ1) is 15.6. The summed E-state index contributed by atoms with van der Waals surface area (Å²) in [5.74, 6) is -1.55. The maximum Gasteiger partial charge on any atom is 0.376 e. The second-order valence-electron chi connectivity index (χ2n) is 4.27. The minimum absolute atomic E-state index is 0.0437. The van der Waals surface area contributed by atoms with Crippen LogP contribution in [0.4, 0.5) is 8.78 Å². The molecule has 21 heavy (non-hydrogen) atoms. The van der Waals surface area contributed by atoms with Crippen LogP contribution in [0.15, 0.2) is 27.1 Å². The summed E-state index contributed by atoms with van der Waals surface area (Å²) in [4.78, 5) is 15.4. The van der Waals surface area contributed by atoms with Crippen molar-refractivity contribution in [2.75, 3.05) is 6.61 Å². The summed E-state index contributed by atoms with van der Waals surface area (Å²) in [5.41, 5.74) is 0.689. The summed E-state index contributed by atoms with van der Waals surface area (Å²) in [6.07, 6.45) is -2.92. The first-order valence-electron chi connectivity index (χ1n) is 6.16. The van der Waals surface area contributed by atoms with Crippen LogP contribution < -0.4 is 0 Å². The number of ether oxygens (including phenoxy) is 1. The molecule has 0 saturated heterocycles. The molecule has 1 aromatic carbocycles. The number of benzene rings is 1. The Kier molecular flexibility index (Phi) is 4.72. The Labute approximate surface area is 128 Å². The van der Waals surface area contributed by atoms with Crippen LogP contribution in [0.3, 0.4) is 0 Å². The van der Waals surface area contributed by atoms with Crippen LogP contribution in [0.1, 0.15) is 35.2 Å². The van der Waals surface area contributed by atoms with Crippen LogP contribution in [-0.2, 0) is 4.74 Å². The van der Waals surface area contributed by atoms with Crippen molar-refractivity contribution in [2.24, 2.45) is 0 Å². The van der Waals surface area contributed by atoms with Gasteiger partial charge in [0.1, 0.15) is 0 Å². The Balaban J connectivity index is 2.50. The minimum Gasteiger partial charge on any atom is -0.460 e. The Morgan fingerprint density at radius 1 is 1.43 bits per heavy atom. The molecule has 0 N–H and O–H groups in total. The Bertz CT molecular complexity index is 650. The molecule has 0 amide bonds. The van der Waals surface area contributed by atoms with E-state index in [0.717, 1.165) is 10.0 Å². The molecular weight excluding hydrogens is 348 g/mol. The molecule has 0 spiro atoms. The number of rotatable bonds is 4. The molecule has 0 radical (unpaired) electrons. The highest BCUT2D eigenvalue weighted by Gasteiger charge is 2.28. The van der Waals surface area contributed by atoms with Crippen molar-refractivity contribution in [2.45, 2.75) is 20.3 Å². The Hall–Kier alpha value is -1.76. The number of esters is 1. The maximum atomic E-state index is 13.0. The lowest BCUT2D eigenvalue weighted by Crippen LogP contribution is -2.06. The molecule has 0 saturated carbocycles. The van der Waals surface area contributed by atoms with Gasteiger partial charge in [-0.05, 0) is 37.6 Å². The molecule has 1 heterocycles. The van der Waals surface area contributed by atoms with E-state index in [2.05, 4.69) is 20.9 Å². The van der Waals surface area contributed by atoms with E-state index in [1.165, 1.54) is 0 Å². The number of halogens is 3. The zero-order valence-electron chi connectivity index (χ0n) is 11.3. The minimum atomic E-state index is -2.92. The van der Waals surface area contributed by atoms with E-state index < -0.39 is 23.8 Å².